The molecule has 5 nitrogen and oxygen atoms in total. The van der Waals surface area contributed by atoms with E-state index in [-0.39, 0.29) is 18.0 Å². The van der Waals surface area contributed by atoms with E-state index in [2.05, 4.69) is 0 Å². The Morgan fingerprint density at radius 3 is 2.83 bits per heavy atom. The molecule has 4 atom stereocenters. The Kier molecular flexibility index (Phi) is 3.10. The lowest BCUT2D eigenvalue weighted by Gasteiger charge is -2.22. The minimum atomic E-state index is -0.661. The number of methoxy groups -OCH3 is 1. The highest BCUT2D eigenvalue weighted by Crippen LogP contribution is 2.52. The SMILES string of the molecule is COC(=O)[C@@H]1[C@H]2C(=O)N(Cc3ccc(C)cc3)C[C@@]23C=C[C@H]1O3. The first-order chi connectivity index (χ1) is 11.0. The van der Waals surface area contributed by atoms with Gasteiger partial charge in [-0.15, -0.1) is 0 Å². The van der Waals surface area contributed by atoms with Gasteiger partial charge in [-0.25, -0.2) is 0 Å². The van der Waals surface area contributed by atoms with Crippen LogP contribution < -0.4 is 0 Å². The van der Waals surface area contributed by atoms with E-state index in [9.17, 15) is 9.59 Å². The zero-order chi connectivity index (χ0) is 16.2. The van der Waals surface area contributed by atoms with Crippen LogP contribution in [0.5, 0.6) is 0 Å². The monoisotopic (exact) mass is 313 g/mol. The van der Waals surface area contributed by atoms with E-state index in [0.717, 1.165) is 5.56 Å². The Hall–Kier alpha value is -2.14. The molecule has 0 unspecified atom stereocenters. The minimum absolute atomic E-state index is 0.0205. The molecule has 0 aliphatic carbocycles. The van der Waals surface area contributed by atoms with Crippen molar-refractivity contribution in [3.8, 4) is 0 Å². The summed E-state index contributed by atoms with van der Waals surface area (Å²) in [5.41, 5.74) is 1.60. The predicted octanol–water partition coefficient (Wildman–Crippen LogP) is 1.45. The summed E-state index contributed by atoms with van der Waals surface area (Å²) in [6, 6.07) is 8.13. The fourth-order valence-corrected chi connectivity index (χ4v) is 4.03. The van der Waals surface area contributed by atoms with Crippen molar-refractivity contribution in [3.05, 3.63) is 47.5 Å². The van der Waals surface area contributed by atoms with Crippen LogP contribution in [0.15, 0.2) is 36.4 Å². The number of amides is 1. The molecule has 1 aromatic rings. The number of fused-ring (bicyclic) bond motifs is 1. The zero-order valence-corrected chi connectivity index (χ0v) is 13.2. The number of carbonyl (C=O) groups excluding carboxylic acids is 2. The Morgan fingerprint density at radius 1 is 1.39 bits per heavy atom. The standard InChI is InChI=1S/C18H19NO4/c1-11-3-5-12(6-4-11)9-19-10-18-8-7-13(23-18)14(17(21)22-2)15(18)16(19)20/h3-8,13-15H,9-10H2,1-2H3/t13-,14+,15+,18+/m1/s1. The predicted molar refractivity (Wildman–Crippen MR) is 82.3 cm³/mol. The number of benzene rings is 1. The van der Waals surface area contributed by atoms with Crippen molar-refractivity contribution in [3.63, 3.8) is 0 Å². The van der Waals surface area contributed by atoms with Gasteiger partial charge in [-0.1, -0.05) is 42.0 Å². The van der Waals surface area contributed by atoms with Crippen molar-refractivity contribution in [1.29, 1.82) is 0 Å². The molecular weight excluding hydrogens is 294 g/mol. The average Bonchev–Trinajstić information content (AvgIpc) is 3.18. The summed E-state index contributed by atoms with van der Waals surface area (Å²) >= 11 is 0. The second kappa shape index (κ2) is 4.93. The average molecular weight is 313 g/mol. The Balaban J connectivity index is 1.60. The number of esters is 1. The van der Waals surface area contributed by atoms with Gasteiger partial charge in [0.05, 0.1) is 25.7 Å². The Morgan fingerprint density at radius 2 is 2.13 bits per heavy atom. The van der Waals surface area contributed by atoms with Crippen LogP contribution in [-0.2, 0) is 25.6 Å². The maximum absolute atomic E-state index is 12.9. The number of ether oxygens (including phenoxy) is 2. The van der Waals surface area contributed by atoms with Gasteiger partial charge in [0.2, 0.25) is 5.91 Å². The molecule has 4 rings (SSSR count). The van der Waals surface area contributed by atoms with Gasteiger partial charge in [-0.2, -0.15) is 0 Å². The molecule has 2 bridgehead atoms. The summed E-state index contributed by atoms with van der Waals surface area (Å²) < 4.78 is 10.9. The largest absolute Gasteiger partial charge is 0.469 e. The summed E-state index contributed by atoms with van der Waals surface area (Å²) in [5.74, 6) is -1.37. The molecule has 3 aliphatic heterocycles. The van der Waals surface area contributed by atoms with E-state index >= 15 is 0 Å². The smallest absolute Gasteiger partial charge is 0.312 e. The lowest BCUT2D eigenvalue weighted by Crippen LogP contribution is -2.39. The minimum Gasteiger partial charge on any atom is -0.469 e. The third-order valence-electron chi connectivity index (χ3n) is 5.15. The van der Waals surface area contributed by atoms with E-state index in [4.69, 9.17) is 9.47 Å². The fraction of sp³-hybridized carbons (Fsp3) is 0.444. The summed E-state index contributed by atoms with van der Waals surface area (Å²) in [6.07, 6.45) is 3.51. The molecule has 2 fully saturated rings. The first-order valence-corrected chi connectivity index (χ1v) is 7.83. The van der Waals surface area contributed by atoms with Crippen LogP contribution >= 0.6 is 0 Å². The van der Waals surface area contributed by atoms with Crippen molar-refractivity contribution in [2.24, 2.45) is 11.8 Å². The molecule has 3 aliphatic rings. The maximum Gasteiger partial charge on any atom is 0.312 e. The number of nitrogens with zero attached hydrogens (tertiary/aromatic N) is 1. The van der Waals surface area contributed by atoms with Crippen LogP contribution in [0.4, 0.5) is 0 Å². The topological polar surface area (TPSA) is 55.8 Å². The molecule has 1 aromatic carbocycles. The van der Waals surface area contributed by atoms with Gasteiger partial charge in [-0.3, -0.25) is 9.59 Å². The number of rotatable bonds is 3. The van der Waals surface area contributed by atoms with Gasteiger partial charge < -0.3 is 14.4 Å². The molecule has 0 N–H and O–H groups in total. The van der Waals surface area contributed by atoms with Gasteiger partial charge in [0.25, 0.3) is 0 Å². The summed E-state index contributed by atoms with van der Waals surface area (Å²) in [5, 5.41) is 0. The second-order valence-electron chi connectivity index (χ2n) is 6.60. The van der Waals surface area contributed by atoms with Crippen LogP contribution in [0.3, 0.4) is 0 Å². The summed E-state index contributed by atoms with van der Waals surface area (Å²) in [6.45, 7) is 3.06. The number of hydrogen-bond donors (Lipinski definition) is 0. The van der Waals surface area contributed by atoms with E-state index < -0.39 is 17.4 Å². The highest BCUT2D eigenvalue weighted by Gasteiger charge is 2.67. The third kappa shape index (κ3) is 2.03. The molecule has 120 valence electrons. The van der Waals surface area contributed by atoms with E-state index in [1.807, 2.05) is 43.3 Å². The van der Waals surface area contributed by atoms with Gasteiger partial charge >= 0.3 is 5.97 Å². The van der Waals surface area contributed by atoms with Gasteiger partial charge in [0.1, 0.15) is 11.5 Å². The van der Waals surface area contributed by atoms with Crippen LogP contribution in [0.2, 0.25) is 0 Å². The summed E-state index contributed by atoms with van der Waals surface area (Å²) in [7, 11) is 1.36. The van der Waals surface area contributed by atoms with Crippen molar-refractivity contribution >= 4 is 11.9 Å². The van der Waals surface area contributed by atoms with Crippen LogP contribution in [-0.4, -0.2) is 42.1 Å². The Labute approximate surface area is 134 Å². The van der Waals surface area contributed by atoms with Crippen molar-refractivity contribution in [1.82, 2.24) is 4.90 Å². The highest BCUT2D eigenvalue weighted by atomic mass is 16.5. The molecule has 0 saturated carbocycles. The second-order valence-corrected chi connectivity index (χ2v) is 6.60. The van der Waals surface area contributed by atoms with Gasteiger partial charge in [0, 0.05) is 6.54 Å². The van der Waals surface area contributed by atoms with E-state index in [1.54, 1.807) is 4.90 Å². The van der Waals surface area contributed by atoms with Crippen LogP contribution in [0.25, 0.3) is 0 Å². The fourth-order valence-electron chi connectivity index (χ4n) is 4.03. The normalized spacial score (nSPS) is 34.1. The number of carbonyl (C=O) groups is 2. The summed E-state index contributed by atoms with van der Waals surface area (Å²) in [4.78, 5) is 26.8. The molecule has 23 heavy (non-hydrogen) atoms. The quantitative estimate of drug-likeness (QED) is 0.626. The highest BCUT2D eigenvalue weighted by molar-refractivity contribution is 5.91. The molecule has 0 aromatic heterocycles. The van der Waals surface area contributed by atoms with Gasteiger partial charge in [-0.05, 0) is 12.5 Å². The molecule has 2 saturated heterocycles. The first kappa shape index (κ1) is 14.5. The van der Waals surface area contributed by atoms with Crippen molar-refractivity contribution < 1.29 is 19.1 Å². The lowest BCUT2D eigenvalue weighted by molar-refractivity contribution is -0.151. The molecule has 1 amide bonds. The first-order valence-electron chi connectivity index (χ1n) is 7.83. The lowest BCUT2D eigenvalue weighted by atomic mass is 9.77. The third-order valence-corrected chi connectivity index (χ3v) is 5.15. The van der Waals surface area contributed by atoms with E-state index in [1.165, 1.54) is 12.7 Å². The van der Waals surface area contributed by atoms with Gasteiger partial charge in [0.15, 0.2) is 0 Å². The van der Waals surface area contributed by atoms with E-state index in [0.29, 0.717) is 13.1 Å². The van der Waals surface area contributed by atoms with Crippen LogP contribution in [0.1, 0.15) is 11.1 Å². The molecular formula is C18H19NO4. The number of aryl methyl sites for hydroxylation is 1. The molecule has 3 heterocycles. The zero-order valence-electron chi connectivity index (χ0n) is 13.2. The Bertz CT molecular complexity index is 695. The number of hydrogen-bond acceptors (Lipinski definition) is 4. The van der Waals surface area contributed by atoms with Crippen molar-refractivity contribution in [2.45, 2.75) is 25.2 Å². The maximum atomic E-state index is 12.9. The van der Waals surface area contributed by atoms with Crippen LogP contribution in [0, 0.1) is 18.8 Å². The molecule has 0 radical (unpaired) electrons. The number of likely N-dealkylation sites (tertiary alicyclic amines) is 1. The van der Waals surface area contributed by atoms with Crippen molar-refractivity contribution in [2.75, 3.05) is 13.7 Å². The molecule has 1 spiro atoms. The molecule has 5 heteroatoms.